The maximum absolute atomic E-state index is 12.1. The lowest BCUT2D eigenvalue weighted by molar-refractivity contribution is -0.137. The highest BCUT2D eigenvalue weighted by molar-refractivity contribution is 7.85. The number of anilines is 1. The van der Waals surface area contributed by atoms with Gasteiger partial charge in [0.2, 0.25) is 0 Å². The van der Waals surface area contributed by atoms with E-state index in [0.717, 1.165) is 67.3 Å². The van der Waals surface area contributed by atoms with Gasteiger partial charge in [0.15, 0.2) is 0 Å². The van der Waals surface area contributed by atoms with Crippen LogP contribution < -0.4 is 4.90 Å². The first-order valence-corrected chi connectivity index (χ1v) is 19.0. The summed E-state index contributed by atoms with van der Waals surface area (Å²) in [5, 5.41) is 11.7. The number of aryl methyl sites for hydroxylation is 1. The van der Waals surface area contributed by atoms with Crippen LogP contribution in [-0.2, 0) is 30.5 Å². The highest BCUT2D eigenvalue weighted by Gasteiger charge is 2.50. The fourth-order valence-electron chi connectivity index (χ4n) is 8.60. The first-order valence-electron chi connectivity index (χ1n) is 17.6. The predicted octanol–water partition coefficient (Wildman–Crippen LogP) is 9.19. The average molecular weight is 684 g/mol. The van der Waals surface area contributed by atoms with Crippen LogP contribution in [0, 0.1) is 6.92 Å². The molecular formula is C41H49NO6S. The third-order valence-electron chi connectivity index (χ3n) is 11.2. The monoisotopic (exact) mass is 683 g/mol. The Bertz CT molecular complexity index is 1990. The number of benzene rings is 3. The molecule has 0 saturated carbocycles. The van der Waals surface area contributed by atoms with Crippen LogP contribution in [-0.4, -0.2) is 42.8 Å². The quantitative estimate of drug-likeness (QED) is 0.145. The topological polar surface area (TPSA) is 104 Å². The fraction of sp³-hybridized carbons (Fsp3) is 0.439. The van der Waals surface area contributed by atoms with E-state index in [9.17, 15) is 22.9 Å². The Balaban J connectivity index is 1.51. The molecule has 3 atom stereocenters. The van der Waals surface area contributed by atoms with Crippen molar-refractivity contribution in [3.8, 4) is 0 Å². The Morgan fingerprint density at radius 2 is 1.86 bits per heavy atom. The summed E-state index contributed by atoms with van der Waals surface area (Å²) in [6.45, 7) is 16.1. The molecule has 3 aromatic rings. The summed E-state index contributed by atoms with van der Waals surface area (Å²) in [6.07, 6.45) is 8.20. The van der Waals surface area contributed by atoms with Gasteiger partial charge in [-0.2, -0.15) is 8.42 Å². The number of carbonyl (C=O) groups is 1. The minimum absolute atomic E-state index is 0.0704. The van der Waals surface area contributed by atoms with Crippen LogP contribution in [0.4, 0.5) is 5.69 Å². The highest BCUT2D eigenvalue weighted by atomic mass is 32.2. The largest absolute Gasteiger partial charge is 0.481 e. The molecule has 0 radical (unpaired) electrons. The fourth-order valence-corrected chi connectivity index (χ4v) is 9.10. The van der Waals surface area contributed by atoms with Gasteiger partial charge in [-0.15, -0.1) is 0 Å². The van der Waals surface area contributed by atoms with E-state index < -0.39 is 21.5 Å². The van der Waals surface area contributed by atoms with Crippen molar-refractivity contribution in [1.82, 2.24) is 0 Å². The number of nitrogens with zero attached hydrogens (tertiary/aromatic N) is 1. The lowest BCUT2D eigenvalue weighted by Crippen LogP contribution is -2.43. The van der Waals surface area contributed by atoms with Crippen molar-refractivity contribution in [2.75, 3.05) is 11.4 Å². The number of allylic oxidation sites excluding steroid dienone is 1. The molecule has 2 N–H and O–H groups in total. The van der Waals surface area contributed by atoms with Gasteiger partial charge in [-0.25, -0.2) is 0 Å². The molecule has 8 heteroatoms. The van der Waals surface area contributed by atoms with E-state index in [0.29, 0.717) is 6.42 Å². The zero-order valence-electron chi connectivity index (χ0n) is 29.4. The van der Waals surface area contributed by atoms with Gasteiger partial charge in [0, 0.05) is 40.8 Å². The molecule has 3 heterocycles. The summed E-state index contributed by atoms with van der Waals surface area (Å²) in [6, 6.07) is 17.8. The SMILES string of the molecule is C=C(C1=CC2=C3N(CCC2OC1CCC)c1ccc2ccccc2c1C3(C)CCCCCC(=O)O)C(C)(C)c1cc(S(=O)(=O)O)ccc1C. The number of hydrogen-bond donors (Lipinski definition) is 2. The van der Waals surface area contributed by atoms with Crippen LogP contribution in [0.3, 0.4) is 0 Å². The molecular weight excluding hydrogens is 635 g/mol. The lowest BCUT2D eigenvalue weighted by Gasteiger charge is -2.44. The van der Waals surface area contributed by atoms with Gasteiger partial charge in [-0.1, -0.05) is 83.0 Å². The molecule has 3 aliphatic heterocycles. The van der Waals surface area contributed by atoms with E-state index in [1.165, 1.54) is 39.4 Å². The van der Waals surface area contributed by atoms with Gasteiger partial charge < -0.3 is 14.7 Å². The standard InChI is InChI=1S/C41H49NO6S/c1-7-13-35-31(27(3)40(4,5)33-24-29(49(45,46)47)19-17-26(33)2)25-32-36(48-35)21-23-42-34-20-18-28-14-10-11-15-30(28)38(34)41(6,39(32)42)22-12-8-9-16-37(43)44/h10-11,14-15,17-20,24-25,35-36H,3,7-9,12-13,16,21-23H2,1-2,4-6H3,(H,43,44)(H,45,46,47). The molecule has 260 valence electrons. The van der Waals surface area contributed by atoms with Crippen LogP contribution in [0.25, 0.3) is 10.8 Å². The van der Waals surface area contributed by atoms with Crippen molar-refractivity contribution in [2.24, 2.45) is 0 Å². The van der Waals surface area contributed by atoms with E-state index in [-0.39, 0.29) is 28.9 Å². The maximum atomic E-state index is 12.1. The van der Waals surface area contributed by atoms with E-state index in [1.54, 1.807) is 12.1 Å². The molecule has 49 heavy (non-hydrogen) atoms. The van der Waals surface area contributed by atoms with Crippen molar-refractivity contribution in [1.29, 1.82) is 0 Å². The van der Waals surface area contributed by atoms with E-state index in [2.05, 4.69) is 81.6 Å². The zero-order chi connectivity index (χ0) is 35.3. The molecule has 0 spiro atoms. The number of carboxylic acid groups (broad SMARTS) is 1. The third-order valence-corrected chi connectivity index (χ3v) is 12.0. The molecule has 0 bridgehead atoms. The maximum Gasteiger partial charge on any atom is 0.303 e. The van der Waals surface area contributed by atoms with Crippen molar-refractivity contribution in [3.63, 3.8) is 0 Å². The number of carboxylic acids is 1. The summed E-state index contributed by atoms with van der Waals surface area (Å²) < 4.78 is 41.2. The second-order valence-corrected chi connectivity index (χ2v) is 16.2. The van der Waals surface area contributed by atoms with Gasteiger partial charge >= 0.3 is 5.97 Å². The van der Waals surface area contributed by atoms with Crippen molar-refractivity contribution < 1.29 is 27.6 Å². The summed E-state index contributed by atoms with van der Waals surface area (Å²) in [5.41, 5.74) is 7.59. The van der Waals surface area contributed by atoms with Crippen LogP contribution in [0.1, 0.15) is 95.8 Å². The first kappa shape index (κ1) is 35.1. The number of ether oxygens (including phenoxy) is 1. The minimum atomic E-state index is -4.38. The molecule has 0 amide bonds. The summed E-state index contributed by atoms with van der Waals surface area (Å²) in [4.78, 5) is 13.6. The molecule has 3 aliphatic rings. The molecule has 7 nitrogen and oxygen atoms in total. The number of unbranched alkanes of at least 4 members (excludes halogenated alkanes) is 2. The van der Waals surface area contributed by atoms with E-state index >= 15 is 0 Å². The van der Waals surface area contributed by atoms with Gasteiger partial charge in [0.25, 0.3) is 10.1 Å². The second kappa shape index (κ2) is 13.2. The van der Waals surface area contributed by atoms with Crippen LogP contribution in [0.15, 0.2) is 94.6 Å². The highest BCUT2D eigenvalue weighted by Crippen LogP contribution is 2.57. The number of hydrogen-bond acceptors (Lipinski definition) is 5. The molecule has 0 aliphatic carbocycles. The second-order valence-electron chi connectivity index (χ2n) is 14.8. The Labute approximate surface area is 291 Å². The van der Waals surface area contributed by atoms with Crippen molar-refractivity contribution >= 4 is 32.5 Å². The average Bonchev–Trinajstić information content (AvgIpc) is 3.32. The van der Waals surface area contributed by atoms with Gasteiger partial charge in [-0.3, -0.25) is 9.35 Å². The van der Waals surface area contributed by atoms with Crippen molar-refractivity contribution in [2.45, 2.75) is 114 Å². The molecule has 3 unspecified atom stereocenters. The molecule has 0 saturated heterocycles. The smallest absolute Gasteiger partial charge is 0.303 e. The Kier molecular flexibility index (Phi) is 9.46. The van der Waals surface area contributed by atoms with Gasteiger partial charge in [0.1, 0.15) is 0 Å². The molecule has 0 fully saturated rings. The minimum Gasteiger partial charge on any atom is -0.481 e. The zero-order valence-corrected chi connectivity index (χ0v) is 30.2. The summed E-state index contributed by atoms with van der Waals surface area (Å²) in [5.74, 6) is -0.753. The molecule has 0 aromatic heterocycles. The van der Waals surface area contributed by atoms with Crippen LogP contribution in [0.5, 0.6) is 0 Å². The first-order chi connectivity index (χ1) is 23.2. The van der Waals surface area contributed by atoms with Crippen LogP contribution in [0.2, 0.25) is 0 Å². The normalized spacial score (nSPS) is 22.1. The Morgan fingerprint density at radius 3 is 2.57 bits per heavy atom. The lowest BCUT2D eigenvalue weighted by atomic mass is 9.70. The molecule has 6 rings (SSSR count). The van der Waals surface area contributed by atoms with E-state index in [4.69, 9.17) is 4.74 Å². The van der Waals surface area contributed by atoms with Crippen molar-refractivity contribution in [3.05, 3.63) is 106 Å². The Morgan fingerprint density at radius 1 is 1.10 bits per heavy atom. The summed E-state index contributed by atoms with van der Waals surface area (Å²) >= 11 is 0. The van der Waals surface area contributed by atoms with Gasteiger partial charge in [0.05, 0.1) is 17.1 Å². The number of fused-ring (bicyclic) bond motifs is 6. The van der Waals surface area contributed by atoms with Crippen LogP contribution >= 0.6 is 0 Å². The summed E-state index contributed by atoms with van der Waals surface area (Å²) in [7, 11) is -4.38. The Hall–Kier alpha value is -3.72. The van der Waals surface area contributed by atoms with Gasteiger partial charge in [-0.05, 0) is 102 Å². The molecule has 3 aromatic carbocycles. The third kappa shape index (κ3) is 6.28. The van der Waals surface area contributed by atoms with E-state index in [1.807, 2.05) is 6.92 Å². The number of rotatable bonds is 12. The number of aliphatic carboxylic acids is 1. The predicted molar refractivity (Wildman–Crippen MR) is 196 cm³/mol.